The van der Waals surface area contributed by atoms with Gasteiger partial charge in [0.05, 0.1) is 12.2 Å². The Morgan fingerprint density at radius 2 is 2.12 bits per heavy atom. The monoisotopic (exact) mass is 437 g/mol. The number of rotatable bonds is 5. The van der Waals surface area contributed by atoms with Gasteiger partial charge < -0.3 is 14.0 Å². The zero-order chi connectivity index (χ0) is 22.1. The SMILES string of the molecule is CCOC(=O)c1cc2cc([C@H]3CCOC4(CC4)C3)ccc2n1[C@]1(c2noc(=O)[nH]2)C[C@H]1C. The lowest BCUT2D eigenvalue weighted by Gasteiger charge is -2.30. The lowest BCUT2D eigenvalue weighted by Crippen LogP contribution is -2.27. The number of nitrogens with zero attached hydrogens (tertiary/aromatic N) is 2. The van der Waals surface area contributed by atoms with Gasteiger partial charge in [-0.05, 0) is 74.6 Å². The summed E-state index contributed by atoms with van der Waals surface area (Å²) in [7, 11) is 0. The molecular weight excluding hydrogens is 410 g/mol. The molecule has 3 aliphatic rings. The predicted molar refractivity (Wildman–Crippen MR) is 116 cm³/mol. The highest BCUT2D eigenvalue weighted by Gasteiger charge is 2.59. The van der Waals surface area contributed by atoms with E-state index in [1.165, 1.54) is 5.56 Å². The van der Waals surface area contributed by atoms with E-state index in [-0.39, 0.29) is 17.5 Å². The number of ether oxygens (including phenoxy) is 2. The molecule has 3 heterocycles. The molecule has 6 rings (SSSR count). The quantitative estimate of drug-likeness (QED) is 0.611. The van der Waals surface area contributed by atoms with Crippen LogP contribution in [0.4, 0.5) is 0 Å². The first kappa shape index (κ1) is 19.8. The zero-order valence-corrected chi connectivity index (χ0v) is 18.3. The first-order chi connectivity index (χ1) is 15.5. The third kappa shape index (κ3) is 2.88. The highest BCUT2D eigenvalue weighted by molar-refractivity contribution is 5.96. The summed E-state index contributed by atoms with van der Waals surface area (Å²) >= 11 is 0. The van der Waals surface area contributed by atoms with E-state index < -0.39 is 11.3 Å². The van der Waals surface area contributed by atoms with E-state index in [0.717, 1.165) is 49.6 Å². The van der Waals surface area contributed by atoms with Crippen LogP contribution in [0.15, 0.2) is 33.6 Å². The van der Waals surface area contributed by atoms with Crippen LogP contribution in [-0.4, -0.2) is 39.5 Å². The molecule has 2 saturated carbocycles. The largest absolute Gasteiger partial charge is 0.461 e. The van der Waals surface area contributed by atoms with Gasteiger partial charge in [-0.2, -0.15) is 0 Å². The number of nitrogens with one attached hydrogen (secondary N) is 1. The van der Waals surface area contributed by atoms with Crippen LogP contribution in [0.3, 0.4) is 0 Å². The van der Waals surface area contributed by atoms with E-state index in [2.05, 4.69) is 35.3 Å². The number of benzene rings is 1. The molecule has 8 heteroatoms. The fraction of sp³-hybridized carbons (Fsp3) is 0.542. The number of carbonyl (C=O) groups is 1. The van der Waals surface area contributed by atoms with Crippen LogP contribution in [0.2, 0.25) is 0 Å². The Balaban J connectivity index is 1.48. The van der Waals surface area contributed by atoms with E-state index in [0.29, 0.717) is 24.0 Å². The predicted octanol–water partition coefficient (Wildman–Crippen LogP) is 3.70. The highest BCUT2D eigenvalue weighted by Crippen LogP contribution is 2.56. The van der Waals surface area contributed by atoms with Crippen LogP contribution in [0.5, 0.6) is 0 Å². The lowest BCUT2D eigenvalue weighted by atomic mass is 9.87. The maximum Gasteiger partial charge on any atom is 0.438 e. The minimum absolute atomic E-state index is 0.103. The van der Waals surface area contributed by atoms with Crippen LogP contribution >= 0.6 is 0 Å². The minimum atomic E-state index is -0.631. The molecular formula is C24H27N3O5. The Hall–Kier alpha value is -2.87. The van der Waals surface area contributed by atoms with Gasteiger partial charge in [-0.3, -0.25) is 9.51 Å². The molecule has 0 amide bonds. The standard InChI is InChI=1S/C24H27N3O5/c1-3-30-20(28)19-11-17-10-15(16-6-9-31-23(13-16)7-8-23)4-5-18(17)27(19)24(12-14(24)2)21-25-22(29)32-26-21/h4-5,10-11,14,16H,3,6-9,12-13H2,1-2H3,(H,25,26,29)/t14-,16+,24-/m1/s1. The zero-order valence-electron chi connectivity index (χ0n) is 18.3. The molecule has 2 aliphatic carbocycles. The van der Waals surface area contributed by atoms with Crippen molar-refractivity contribution in [2.45, 2.75) is 63.0 Å². The van der Waals surface area contributed by atoms with E-state index >= 15 is 0 Å². The van der Waals surface area contributed by atoms with Crippen LogP contribution in [-0.2, 0) is 15.0 Å². The van der Waals surface area contributed by atoms with Crippen LogP contribution in [0.25, 0.3) is 10.9 Å². The average Bonchev–Trinajstić information content (AvgIpc) is 3.55. The topological polar surface area (TPSA) is 99.3 Å². The second kappa shape index (κ2) is 6.81. The van der Waals surface area contributed by atoms with Crippen molar-refractivity contribution in [1.29, 1.82) is 0 Å². The number of aromatic amines is 1. The molecule has 3 aromatic rings. The Morgan fingerprint density at radius 3 is 2.78 bits per heavy atom. The molecule has 1 aliphatic heterocycles. The first-order valence-corrected chi connectivity index (χ1v) is 11.5. The maximum absolute atomic E-state index is 13.0. The van der Waals surface area contributed by atoms with Gasteiger partial charge in [0.15, 0.2) is 5.82 Å². The summed E-state index contributed by atoms with van der Waals surface area (Å²) in [5.41, 5.74) is 2.16. The third-order valence-corrected chi connectivity index (χ3v) is 7.60. The van der Waals surface area contributed by atoms with E-state index in [4.69, 9.17) is 14.0 Å². The fourth-order valence-corrected chi connectivity index (χ4v) is 5.65. The number of aromatic nitrogens is 3. The third-order valence-electron chi connectivity index (χ3n) is 7.60. The van der Waals surface area contributed by atoms with Crippen molar-refractivity contribution in [2.75, 3.05) is 13.2 Å². The summed E-state index contributed by atoms with van der Waals surface area (Å²) in [5.74, 6) is 0.117. The Kier molecular flexibility index (Phi) is 4.21. The number of hydrogen-bond donors (Lipinski definition) is 1. The van der Waals surface area contributed by atoms with E-state index in [1.54, 1.807) is 6.92 Å². The number of fused-ring (bicyclic) bond motifs is 1. The van der Waals surface area contributed by atoms with Crippen LogP contribution < -0.4 is 5.76 Å². The molecule has 1 saturated heterocycles. The van der Waals surface area contributed by atoms with Gasteiger partial charge in [0.25, 0.3) is 0 Å². The molecule has 0 unspecified atom stereocenters. The fourth-order valence-electron chi connectivity index (χ4n) is 5.65. The summed E-state index contributed by atoms with van der Waals surface area (Å²) in [4.78, 5) is 27.4. The second-order valence-electron chi connectivity index (χ2n) is 9.60. The van der Waals surface area contributed by atoms with Crippen molar-refractivity contribution in [3.63, 3.8) is 0 Å². The van der Waals surface area contributed by atoms with Gasteiger partial charge >= 0.3 is 11.7 Å². The smallest absolute Gasteiger partial charge is 0.438 e. The summed E-state index contributed by atoms with van der Waals surface area (Å²) < 4.78 is 18.2. The van der Waals surface area contributed by atoms with Crippen LogP contribution in [0.1, 0.15) is 73.7 Å². The maximum atomic E-state index is 13.0. The number of esters is 1. The Bertz CT molecular complexity index is 1270. The van der Waals surface area contributed by atoms with E-state index in [1.807, 2.05) is 10.6 Å². The van der Waals surface area contributed by atoms with Gasteiger partial charge in [-0.15, -0.1) is 0 Å². The molecule has 1 N–H and O–H groups in total. The molecule has 168 valence electrons. The second-order valence-corrected chi connectivity index (χ2v) is 9.60. The normalized spacial score (nSPS) is 28.2. The van der Waals surface area contributed by atoms with Gasteiger partial charge in [0, 0.05) is 17.5 Å². The molecule has 0 radical (unpaired) electrons. The molecule has 0 bridgehead atoms. The number of H-pyrrole nitrogens is 1. The van der Waals surface area contributed by atoms with Gasteiger partial charge in [0.1, 0.15) is 11.2 Å². The number of carbonyl (C=O) groups excluding carboxylic acids is 1. The van der Waals surface area contributed by atoms with Gasteiger partial charge in [0.2, 0.25) is 0 Å². The molecule has 3 fully saturated rings. The van der Waals surface area contributed by atoms with Gasteiger partial charge in [-0.1, -0.05) is 18.1 Å². The van der Waals surface area contributed by atoms with Crippen molar-refractivity contribution in [1.82, 2.24) is 14.7 Å². The lowest BCUT2D eigenvalue weighted by molar-refractivity contribution is -0.0132. The van der Waals surface area contributed by atoms with E-state index in [9.17, 15) is 9.59 Å². The summed E-state index contributed by atoms with van der Waals surface area (Å²) in [6.45, 7) is 4.97. The Labute approximate surface area is 184 Å². The Morgan fingerprint density at radius 1 is 1.31 bits per heavy atom. The van der Waals surface area contributed by atoms with Crippen molar-refractivity contribution < 1.29 is 18.8 Å². The molecule has 2 aromatic heterocycles. The summed E-state index contributed by atoms with van der Waals surface area (Å²) in [6.07, 6.45) is 5.14. The summed E-state index contributed by atoms with van der Waals surface area (Å²) in [6, 6.07) is 8.38. The van der Waals surface area contributed by atoms with Crippen molar-refractivity contribution in [3.8, 4) is 0 Å². The van der Waals surface area contributed by atoms with Crippen molar-refractivity contribution >= 4 is 16.9 Å². The first-order valence-electron chi connectivity index (χ1n) is 11.5. The summed E-state index contributed by atoms with van der Waals surface area (Å²) in [5, 5.41) is 4.99. The molecule has 1 spiro atoms. The van der Waals surface area contributed by atoms with Crippen LogP contribution in [0, 0.1) is 5.92 Å². The molecule has 3 atom stereocenters. The molecule has 1 aromatic carbocycles. The van der Waals surface area contributed by atoms with Gasteiger partial charge in [-0.25, -0.2) is 9.59 Å². The molecule has 32 heavy (non-hydrogen) atoms. The average molecular weight is 437 g/mol. The highest BCUT2D eigenvalue weighted by atomic mass is 16.5. The number of hydrogen-bond acceptors (Lipinski definition) is 6. The minimum Gasteiger partial charge on any atom is -0.461 e. The molecule has 8 nitrogen and oxygen atoms in total. The van der Waals surface area contributed by atoms with Crippen molar-refractivity contribution in [3.05, 3.63) is 51.9 Å². The van der Waals surface area contributed by atoms with Crippen molar-refractivity contribution in [2.24, 2.45) is 5.92 Å².